The smallest absolute Gasteiger partial charge is 0.317 e. The van der Waals surface area contributed by atoms with Crippen LogP contribution in [0.1, 0.15) is 12.0 Å². The normalized spacial score (nSPS) is 9.18. The Labute approximate surface area is 97.3 Å². The predicted molar refractivity (Wildman–Crippen MR) is 56.4 cm³/mol. The molecule has 0 bridgehead atoms. The fourth-order valence-corrected chi connectivity index (χ4v) is 1.14. The van der Waals surface area contributed by atoms with Crippen LogP contribution in [0.3, 0.4) is 0 Å². The molecule has 0 amide bonds. The number of hydrogen-bond donors (Lipinski definition) is 0. The highest BCUT2D eigenvalue weighted by molar-refractivity contribution is 5.72. The van der Waals surface area contributed by atoms with Gasteiger partial charge in [-0.15, -0.1) is 0 Å². The van der Waals surface area contributed by atoms with Gasteiger partial charge in [-0.3, -0.25) is 4.79 Å². The second-order valence-electron chi connectivity index (χ2n) is 3.02. The lowest BCUT2D eigenvalue weighted by Crippen LogP contribution is -1.97. The van der Waals surface area contributed by atoms with E-state index in [0.29, 0.717) is 6.07 Å². The molecule has 90 valence electrons. The van der Waals surface area contributed by atoms with Crippen LogP contribution in [0.4, 0.5) is 8.78 Å². The van der Waals surface area contributed by atoms with Crippen molar-refractivity contribution in [2.75, 3.05) is 14.2 Å². The Hall–Kier alpha value is -2.09. The van der Waals surface area contributed by atoms with Crippen molar-refractivity contribution in [3.8, 4) is 17.6 Å². The molecule has 5 heteroatoms. The fraction of sp³-hybridized carbons (Fsp3) is 0.250. The largest absolute Gasteiger partial charge is 0.492 e. The summed E-state index contributed by atoms with van der Waals surface area (Å²) in [6.07, 6.45) is -0.155. The van der Waals surface area contributed by atoms with Gasteiger partial charge in [-0.25, -0.2) is 8.78 Å². The predicted octanol–water partition coefficient (Wildman–Crippen LogP) is 1.89. The minimum atomic E-state index is -0.838. The number of rotatable bonds is 2. The summed E-state index contributed by atoms with van der Waals surface area (Å²) in [4.78, 5) is 10.8. The zero-order chi connectivity index (χ0) is 12.8. The van der Waals surface area contributed by atoms with Gasteiger partial charge in [-0.1, -0.05) is 11.8 Å². The summed E-state index contributed by atoms with van der Waals surface area (Å²) < 4.78 is 35.3. The number of hydrogen-bond acceptors (Lipinski definition) is 3. The van der Waals surface area contributed by atoms with Crippen molar-refractivity contribution in [3.05, 3.63) is 29.3 Å². The van der Waals surface area contributed by atoms with Gasteiger partial charge in [-0.2, -0.15) is 0 Å². The van der Waals surface area contributed by atoms with Crippen LogP contribution in [-0.2, 0) is 9.53 Å². The summed E-state index contributed by atoms with van der Waals surface area (Å²) >= 11 is 0. The Balaban J connectivity index is 3.00. The molecule has 0 unspecified atom stereocenters. The lowest BCUT2D eigenvalue weighted by atomic mass is 10.2. The molecule has 0 aromatic heterocycles. The first-order chi connectivity index (χ1) is 8.08. The first kappa shape index (κ1) is 13.0. The minimum Gasteiger partial charge on any atom is -0.492 e. The molecule has 3 nitrogen and oxygen atoms in total. The highest BCUT2D eigenvalue weighted by atomic mass is 19.1. The molecular formula is C12H10F2O3. The Kier molecular flexibility index (Phi) is 4.46. The van der Waals surface area contributed by atoms with E-state index in [1.54, 1.807) is 0 Å². The van der Waals surface area contributed by atoms with Crippen molar-refractivity contribution in [1.82, 2.24) is 0 Å². The van der Waals surface area contributed by atoms with Gasteiger partial charge in [-0.05, 0) is 6.07 Å². The van der Waals surface area contributed by atoms with E-state index in [1.807, 2.05) is 0 Å². The van der Waals surface area contributed by atoms with Crippen molar-refractivity contribution in [3.63, 3.8) is 0 Å². The summed E-state index contributed by atoms with van der Waals surface area (Å²) in [7, 11) is 2.48. The molecule has 0 heterocycles. The van der Waals surface area contributed by atoms with E-state index in [9.17, 15) is 13.6 Å². The van der Waals surface area contributed by atoms with Crippen molar-refractivity contribution in [2.24, 2.45) is 0 Å². The van der Waals surface area contributed by atoms with Gasteiger partial charge in [0.25, 0.3) is 0 Å². The van der Waals surface area contributed by atoms with Gasteiger partial charge < -0.3 is 9.47 Å². The Morgan fingerprint density at radius 3 is 2.65 bits per heavy atom. The maximum absolute atomic E-state index is 13.2. The number of halogens is 2. The highest BCUT2D eigenvalue weighted by Crippen LogP contribution is 2.22. The first-order valence-corrected chi connectivity index (χ1v) is 4.67. The number of esters is 1. The number of benzene rings is 1. The third-order valence-corrected chi connectivity index (χ3v) is 1.90. The van der Waals surface area contributed by atoms with Crippen LogP contribution in [0.25, 0.3) is 0 Å². The van der Waals surface area contributed by atoms with Crippen LogP contribution >= 0.6 is 0 Å². The molecular weight excluding hydrogens is 230 g/mol. The van der Waals surface area contributed by atoms with Crippen molar-refractivity contribution < 1.29 is 23.0 Å². The monoisotopic (exact) mass is 240 g/mol. The zero-order valence-corrected chi connectivity index (χ0v) is 9.34. The van der Waals surface area contributed by atoms with Crippen molar-refractivity contribution in [1.29, 1.82) is 0 Å². The molecule has 0 N–H and O–H groups in total. The molecule has 0 aliphatic heterocycles. The van der Waals surface area contributed by atoms with Crippen LogP contribution < -0.4 is 4.74 Å². The maximum atomic E-state index is 13.2. The second kappa shape index (κ2) is 5.85. The van der Waals surface area contributed by atoms with Gasteiger partial charge in [0.15, 0.2) is 11.6 Å². The molecule has 1 rings (SSSR count). The van der Waals surface area contributed by atoms with E-state index in [2.05, 4.69) is 16.6 Å². The van der Waals surface area contributed by atoms with Crippen molar-refractivity contribution in [2.45, 2.75) is 6.42 Å². The molecule has 0 atom stereocenters. The molecule has 0 aliphatic rings. The Morgan fingerprint density at radius 2 is 2.06 bits per heavy atom. The van der Waals surface area contributed by atoms with Gasteiger partial charge in [0.05, 0.1) is 19.8 Å². The summed E-state index contributed by atoms with van der Waals surface area (Å²) in [6.45, 7) is 0. The van der Waals surface area contributed by atoms with Gasteiger partial charge in [0.2, 0.25) is 0 Å². The van der Waals surface area contributed by atoms with Crippen LogP contribution in [0.5, 0.6) is 5.75 Å². The molecule has 0 radical (unpaired) electrons. The zero-order valence-electron chi connectivity index (χ0n) is 9.34. The van der Waals surface area contributed by atoms with Crippen LogP contribution in [0, 0.1) is 23.5 Å². The maximum Gasteiger partial charge on any atom is 0.317 e. The number of carbonyl (C=O) groups is 1. The summed E-state index contributed by atoms with van der Waals surface area (Å²) in [5, 5.41) is 0. The van der Waals surface area contributed by atoms with Gasteiger partial charge in [0.1, 0.15) is 12.2 Å². The van der Waals surface area contributed by atoms with Gasteiger partial charge >= 0.3 is 5.97 Å². The van der Waals surface area contributed by atoms with E-state index >= 15 is 0 Å². The molecule has 0 aliphatic carbocycles. The van der Waals surface area contributed by atoms with E-state index in [4.69, 9.17) is 4.74 Å². The molecule has 1 aromatic rings. The third kappa shape index (κ3) is 3.45. The molecule has 0 saturated carbocycles. The lowest BCUT2D eigenvalue weighted by molar-refractivity contribution is -0.139. The van der Waals surface area contributed by atoms with E-state index in [0.717, 1.165) is 6.07 Å². The molecule has 1 aromatic carbocycles. The third-order valence-electron chi connectivity index (χ3n) is 1.90. The lowest BCUT2D eigenvalue weighted by Gasteiger charge is -2.04. The minimum absolute atomic E-state index is 0.0499. The number of carbonyl (C=O) groups excluding carboxylic acids is 1. The quantitative estimate of drug-likeness (QED) is 0.585. The molecule has 17 heavy (non-hydrogen) atoms. The van der Waals surface area contributed by atoms with Crippen LogP contribution in [-0.4, -0.2) is 20.2 Å². The average molecular weight is 240 g/mol. The van der Waals surface area contributed by atoms with Crippen molar-refractivity contribution >= 4 is 5.97 Å². The van der Waals surface area contributed by atoms with E-state index in [-0.39, 0.29) is 17.7 Å². The fourth-order valence-electron chi connectivity index (χ4n) is 1.14. The molecule has 0 saturated heterocycles. The van der Waals surface area contributed by atoms with Crippen LogP contribution in [0.15, 0.2) is 12.1 Å². The Morgan fingerprint density at radius 1 is 1.35 bits per heavy atom. The van der Waals surface area contributed by atoms with Crippen LogP contribution in [0.2, 0.25) is 0 Å². The first-order valence-electron chi connectivity index (χ1n) is 4.67. The topological polar surface area (TPSA) is 35.5 Å². The molecule has 0 fully saturated rings. The van der Waals surface area contributed by atoms with Gasteiger partial charge in [0, 0.05) is 6.07 Å². The second-order valence-corrected chi connectivity index (χ2v) is 3.02. The summed E-state index contributed by atoms with van der Waals surface area (Å²) in [6, 6.07) is 1.73. The summed E-state index contributed by atoms with van der Waals surface area (Å²) in [5.41, 5.74) is 0.0499. The number of ether oxygens (including phenoxy) is 2. The molecule has 0 spiro atoms. The summed E-state index contributed by atoms with van der Waals surface area (Å²) in [5.74, 6) is 2.63. The standard InChI is InChI=1S/C12H10F2O3/c1-16-11(15)5-3-4-8-6-9(13)7-10(14)12(8)17-2/h6-7H,5H2,1-2H3. The SMILES string of the molecule is COC(=O)CC#Cc1cc(F)cc(F)c1OC. The average Bonchev–Trinajstić information content (AvgIpc) is 2.28. The van der Waals surface area contributed by atoms with E-state index in [1.165, 1.54) is 14.2 Å². The highest BCUT2D eigenvalue weighted by Gasteiger charge is 2.09. The Bertz CT molecular complexity index is 487. The van der Waals surface area contributed by atoms with E-state index < -0.39 is 17.6 Å². The number of methoxy groups -OCH3 is 2.